The molecule has 20 heavy (non-hydrogen) atoms. The average molecular weight is 299 g/mol. The fourth-order valence-corrected chi connectivity index (χ4v) is 3.39. The second-order valence-electron chi connectivity index (χ2n) is 6.00. The molecule has 6 nitrogen and oxygen atoms in total. The van der Waals surface area contributed by atoms with Crippen molar-refractivity contribution in [3.63, 3.8) is 0 Å². The van der Waals surface area contributed by atoms with Crippen molar-refractivity contribution in [3.8, 4) is 0 Å². The van der Waals surface area contributed by atoms with Crippen molar-refractivity contribution in [2.75, 3.05) is 5.75 Å². The molecule has 0 aliphatic heterocycles. The van der Waals surface area contributed by atoms with Gasteiger partial charge in [-0.15, -0.1) is 10.2 Å². The third kappa shape index (κ3) is 3.52. The van der Waals surface area contributed by atoms with Crippen LogP contribution in [0.3, 0.4) is 0 Å². The molecule has 1 heterocycles. The van der Waals surface area contributed by atoms with Crippen LogP contribution in [0.15, 0.2) is 5.16 Å². The number of aliphatic carboxylic acids is 1. The lowest BCUT2D eigenvalue weighted by atomic mass is 9.75. The summed E-state index contributed by atoms with van der Waals surface area (Å²) in [4.78, 5) is 10.7. The zero-order chi connectivity index (χ0) is 14.8. The van der Waals surface area contributed by atoms with Gasteiger partial charge in [-0.3, -0.25) is 4.79 Å². The van der Waals surface area contributed by atoms with Gasteiger partial charge in [-0.1, -0.05) is 25.6 Å². The molecule has 0 bridgehead atoms. The zero-order valence-corrected chi connectivity index (χ0v) is 12.7. The number of aromatic nitrogens is 3. The number of hydrogen-bond acceptors (Lipinski definition) is 5. The van der Waals surface area contributed by atoms with Crippen molar-refractivity contribution >= 4 is 17.7 Å². The van der Waals surface area contributed by atoms with Crippen molar-refractivity contribution in [3.05, 3.63) is 5.82 Å². The van der Waals surface area contributed by atoms with Crippen molar-refractivity contribution < 1.29 is 15.0 Å². The van der Waals surface area contributed by atoms with Gasteiger partial charge in [0.25, 0.3) is 0 Å². The molecule has 0 radical (unpaired) electrons. The topological polar surface area (TPSA) is 88.2 Å². The highest BCUT2D eigenvalue weighted by Crippen LogP contribution is 2.41. The molecule has 1 saturated carbocycles. The number of carboxylic acid groups (broad SMARTS) is 1. The SMILES string of the molecule is CC1(C)CCC(n2c(CO)nnc2SCC(=O)O)CC1. The highest BCUT2D eigenvalue weighted by atomic mass is 32.2. The predicted molar refractivity (Wildman–Crippen MR) is 75.6 cm³/mol. The van der Waals surface area contributed by atoms with Gasteiger partial charge >= 0.3 is 5.97 Å². The summed E-state index contributed by atoms with van der Waals surface area (Å²) in [6, 6.07) is 0.261. The van der Waals surface area contributed by atoms with Gasteiger partial charge in [-0.2, -0.15) is 0 Å². The first kappa shape index (κ1) is 15.3. The number of carboxylic acids is 1. The van der Waals surface area contributed by atoms with E-state index in [1.165, 1.54) is 0 Å². The third-order valence-corrected chi connectivity index (χ3v) is 4.80. The Labute approximate surface area is 122 Å². The molecule has 0 atom stereocenters. The fraction of sp³-hybridized carbons (Fsp3) is 0.769. The molecule has 1 aromatic rings. The summed E-state index contributed by atoms with van der Waals surface area (Å²) in [5, 5.41) is 26.8. The van der Waals surface area contributed by atoms with Crippen LogP contribution in [-0.2, 0) is 11.4 Å². The lowest BCUT2D eigenvalue weighted by Gasteiger charge is -2.35. The first-order valence-electron chi connectivity index (χ1n) is 6.82. The Bertz CT molecular complexity index is 477. The van der Waals surface area contributed by atoms with Gasteiger partial charge in [0.15, 0.2) is 11.0 Å². The van der Waals surface area contributed by atoms with E-state index in [4.69, 9.17) is 5.11 Å². The number of aliphatic hydroxyl groups is 1. The van der Waals surface area contributed by atoms with Gasteiger partial charge in [-0.25, -0.2) is 0 Å². The summed E-state index contributed by atoms with van der Waals surface area (Å²) in [5.74, 6) is -0.385. The maximum Gasteiger partial charge on any atom is 0.313 e. The molecular formula is C13H21N3O3S. The zero-order valence-electron chi connectivity index (χ0n) is 11.9. The molecular weight excluding hydrogens is 278 g/mol. The van der Waals surface area contributed by atoms with Crippen LogP contribution in [0.5, 0.6) is 0 Å². The largest absolute Gasteiger partial charge is 0.481 e. The lowest BCUT2D eigenvalue weighted by Crippen LogP contribution is -2.25. The number of thioether (sulfide) groups is 1. The quantitative estimate of drug-likeness (QED) is 0.809. The van der Waals surface area contributed by atoms with E-state index in [-0.39, 0.29) is 18.4 Å². The van der Waals surface area contributed by atoms with Gasteiger partial charge in [0.05, 0.1) is 5.75 Å². The Morgan fingerprint density at radius 2 is 2.05 bits per heavy atom. The number of rotatable bonds is 5. The highest BCUT2D eigenvalue weighted by molar-refractivity contribution is 7.99. The Hall–Kier alpha value is -1.08. The molecule has 112 valence electrons. The fourth-order valence-electron chi connectivity index (χ4n) is 2.65. The molecule has 0 saturated heterocycles. The summed E-state index contributed by atoms with van der Waals surface area (Å²) in [6.07, 6.45) is 4.25. The Morgan fingerprint density at radius 3 is 2.60 bits per heavy atom. The van der Waals surface area contributed by atoms with E-state index in [1.807, 2.05) is 4.57 Å². The van der Waals surface area contributed by atoms with Crippen LogP contribution in [-0.4, -0.2) is 36.7 Å². The summed E-state index contributed by atoms with van der Waals surface area (Å²) in [5.41, 5.74) is 0.359. The Morgan fingerprint density at radius 1 is 1.40 bits per heavy atom. The normalized spacial score (nSPS) is 19.1. The van der Waals surface area contributed by atoms with E-state index in [0.717, 1.165) is 37.4 Å². The number of nitrogens with zero attached hydrogens (tertiary/aromatic N) is 3. The highest BCUT2D eigenvalue weighted by Gasteiger charge is 2.30. The van der Waals surface area contributed by atoms with Crippen LogP contribution < -0.4 is 0 Å². The molecule has 1 aliphatic carbocycles. The van der Waals surface area contributed by atoms with Crippen molar-refractivity contribution in [2.24, 2.45) is 5.41 Å². The monoisotopic (exact) mass is 299 g/mol. The number of aliphatic hydroxyl groups excluding tert-OH is 1. The Balaban J connectivity index is 2.16. The maximum atomic E-state index is 10.7. The summed E-state index contributed by atoms with van der Waals surface area (Å²) >= 11 is 1.16. The third-order valence-electron chi connectivity index (χ3n) is 3.88. The van der Waals surface area contributed by atoms with E-state index >= 15 is 0 Å². The molecule has 0 aromatic carbocycles. The van der Waals surface area contributed by atoms with Gasteiger partial charge in [0.1, 0.15) is 6.61 Å². The molecule has 2 rings (SSSR count). The summed E-state index contributed by atoms with van der Waals surface area (Å²) in [6.45, 7) is 4.37. The van der Waals surface area contributed by atoms with Crippen LogP contribution in [0.4, 0.5) is 0 Å². The van der Waals surface area contributed by atoms with Crippen molar-refractivity contribution in [1.29, 1.82) is 0 Å². The van der Waals surface area contributed by atoms with Gasteiger partial charge in [0, 0.05) is 6.04 Å². The average Bonchev–Trinajstić information content (AvgIpc) is 2.79. The number of carbonyl (C=O) groups is 1. The molecule has 7 heteroatoms. The first-order valence-corrected chi connectivity index (χ1v) is 7.81. The van der Waals surface area contributed by atoms with Crippen LogP contribution in [0.1, 0.15) is 51.4 Å². The minimum Gasteiger partial charge on any atom is -0.481 e. The van der Waals surface area contributed by atoms with E-state index in [9.17, 15) is 9.90 Å². The molecule has 1 fully saturated rings. The van der Waals surface area contributed by atoms with Crippen LogP contribution >= 0.6 is 11.8 Å². The van der Waals surface area contributed by atoms with E-state index in [2.05, 4.69) is 24.0 Å². The van der Waals surface area contributed by atoms with Crippen molar-refractivity contribution in [1.82, 2.24) is 14.8 Å². The van der Waals surface area contributed by atoms with Crippen molar-refractivity contribution in [2.45, 2.75) is 57.3 Å². The van der Waals surface area contributed by atoms with Gasteiger partial charge < -0.3 is 14.8 Å². The van der Waals surface area contributed by atoms with Crippen LogP contribution in [0, 0.1) is 5.41 Å². The standard InChI is InChI=1S/C13H21N3O3S/c1-13(2)5-3-9(4-6-13)16-10(7-17)14-15-12(16)20-8-11(18)19/h9,17H,3-8H2,1-2H3,(H,18,19). The lowest BCUT2D eigenvalue weighted by molar-refractivity contribution is -0.133. The molecule has 0 unspecified atom stereocenters. The van der Waals surface area contributed by atoms with Gasteiger partial charge in [0.2, 0.25) is 0 Å². The van der Waals surface area contributed by atoms with Crippen LogP contribution in [0.2, 0.25) is 0 Å². The summed E-state index contributed by atoms with van der Waals surface area (Å²) < 4.78 is 1.93. The minimum atomic E-state index is -0.875. The maximum absolute atomic E-state index is 10.7. The molecule has 1 aromatic heterocycles. The second kappa shape index (κ2) is 6.13. The molecule has 0 amide bonds. The first-order chi connectivity index (χ1) is 9.43. The second-order valence-corrected chi connectivity index (χ2v) is 6.95. The molecule has 1 aliphatic rings. The number of hydrogen-bond donors (Lipinski definition) is 2. The molecule has 2 N–H and O–H groups in total. The van der Waals surface area contributed by atoms with E-state index in [1.54, 1.807) is 0 Å². The Kier molecular flexibility index (Phi) is 4.70. The van der Waals surface area contributed by atoms with Crippen LogP contribution in [0.25, 0.3) is 0 Å². The summed E-state index contributed by atoms with van der Waals surface area (Å²) in [7, 11) is 0. The van der Waals surface area contributed by atoms with Gasteiger partial charge in [-0.05, 0) is 31.1 Å². The van der Waals surface area contributed by atoms with E-state index in [0.29, 0.717) is 16.4 Å². The molecule has 0 spiro atoms. The van der Waals surface area contributed by atoms with E-state index < -0.39 is 5.97 Å². The minimum absolute atomic E-state index is 0.0399. The smallest absolute Gasteiger partial charge is 0.313 e. The predicted octanol–water partition coefficient (Wildman–Crippen LogP) is 2.09.